The lowest BCUT2D eigenvalue weighted by Gasteiger charge is -2.13. The van der Waals surface area contributed by atoms with Gasteiger partial charge in [-0.05, 0) is 12.1 Å². The summed E-state index contributed by atoms with van der Waals surface area (Å²) in [5.74, 6) is 1.20. The maximum absolute atomic E-state index is 11.5. The number of aromatic nitrogens is 4. The van der Waals surface area contributed by atoms with Crippen molar-refractivity contribution in [1.29, 1.82) is 0 Å². The van der Waals surface area contributed by atoms with E-state index in [1.807, 2.05) is 0 Å². The molecule has 0 aliphatic carbocycles. The molecule has 11 heteroatoms. The fourth-order valence-electron chi connectivity index (χ4n) is 2.12. The summed E-state index contributed by atoms with van der Waals surface area (Å²) in [7, 11) is -1.63. The van der Waals surface area contributed by atoms with E-state index in [4.69, 9.17) is 11.6 Å². The molecule has 0 saturated carbocycles. The summed E-state index contributed by atoms with van der Waals surface area (Å²) >= 11 is 6.16. The summed E-state index contributed by atoms with van der Waals surface area (Å²) in [5.41, 5.74) is 0.881. The Bertz CT molecular complexity index is 1040. The molecule has 0 fully saturated rings. The summed E-state index contributed by atoms with van der Waals surface area (Å²) in [5, 5.41) is 10.5. The van der Waals surface area contributed by atoms with Gasteiger partial charge in [-0.2, -0.15) is 10.1 Å². The number of hydrogen-bond donors (Lipinski definition) is 3. The highest BCUT2D eigenvalue weighted by Crippen LogP contribution is 2.29. The Morgan fingerprint density at radius 3 is 2.50 bits per heavy atom. The molecule has 2 heterocycles. The molecule has 0 unspecified atom stereocenters. The summed E-state index contributed by atoms with van der Waals surface area (Å²) < 4.78 is 27.1. The average molecular weight is 394 g/mol. The monoisotopic (exact) mass is 393 g/mol. The molecule has 3 N–H and O–H groups in total. The molecule has 0 aliphatic heterocycles. The van der Waals surface area contributed by atoms with Crippen LogP contribution in [-0.4, -0.2) is 34.4 Å². The van der Waals surface area contributed by atoms with E-state index in [1.54, 1.807) is 48.3 Å². The zero-order valence-electron chi connectivity index (χ0n) is 13.9. The molecule has 0 radical (unpaired) electrons. The van der Waals surface area contributed by atoms with Crippen LogP contribution in [0.25, 0.3) is 0 Å². The SMILES string of the molecule is Cn1ccc(Nc2ncc(Cl)c(Nc3ccccc3NS(C)(=O)=O)n2)n1. The third-order valence-electron chi connectivity index (χ3n) is 3.17. The van der Waals surface area contributed by atoms with Crippen molar-refractivity contribution in [3.05, 3.63) is 47.7 Å². The van der Waals surface area contributed by atoms with Crippen LogP contribution in [0.5, 0.6) is 0 Å². The maximum Gasteiger partial charge on any atom is 0.230 e. The molecule has 0 amide bonds. The Balaban J connectivity index is 1.87. The number of rotatable bonds is 6. The van der Waals surface area contributed by atoms with Crippen LogP contribution in [0, 0.1) is 0 Å². The molecule has 2 aromatic heterocycles. The van der Waals surface area contributed by atoms with Gasteiger partial charge < -0.3 is 10.6 Å². The van der Waals surface area contributed by atoms with Crippen LogP contribution >= 0.6 is 11.6 Å². The van der Waals surface area contributed by atoms with Gasteiger partial charge >= 0.3 is 0 Å². The second kappa shape index (κ2) is 7.18. The number of nitrogens with one attached hydrogen (secondary N) is 3. The van der Waals surface area contributed by atoms with Crippen LogP contribution in [0.1, 0.15) is 0 Å². The van der Waals surface area contributed by atoms with E-state index in [-0.39, 0.29) is 5.02 Å². The van der Waals surface area contributed by atoms with Crippen molar-refractivity contribution in [1.82, 2.24) is 19.7 Å². The van der Waals surface area contributed by atoms with Crippen LogP contribution in [0.4, 0.5) is 29.0 Å². The number of aryl methyl sites for hydroxylation is 1. The van der Waals surface area contributed by atoms with E-state index in [0.717, 1.165) is 6.26 Å². The Morgan fingerprint density at radius 1 is 1.12 bits per heavy atom. The van der Waals surface area contributed by atoms with E-state index in [0.29, 0.717) is 29.0 Å². The van der Waals surface area contributed by atoms with Crippen LogP contribution in [-0.2, 0) is 17.1 Å². The van der Waals surface area contributed by atoms with Gasteiger partial charge in [0.1, 0.15) is 5.02 Å². The smallest absolute Gasteiger partial charge is 0.230 e. The number of nitrogens with zero attached hydrogens (tertiary/aromatic N) is 4. The van der Waals surface area contributed by atoms with Crippen molar-refractivity contribution >= 4 is 50.6 Å². The normalized spacial score (nSPS) is 11.2. The minimum Gasteiger partial charge on any atom is -0.337 e. The van der Waals surface area contributed by atoms with Gasteiger partial charge in [-0.25, -0.2) is 13.4 Å². The molecule has 0 spiro atoms. The molecular formula is C15H16ClN7O2S. The Morgan fingerprint density at radius 2 is 1.85 bits per heavy atom. The maximum atomic E-state index is 11.5. The van der Waals surface area contributed by atoms with Crippen LogP contribution in [0.3, 0.4) is 0 Å². The Kier molecular flexibility index (Phi) is 4.96. The lowest BCUT2D eigenvalue weighted by Crippen LogP contribution is -2.11. The van der Waals surface area contributed by atoms with Crippen molar-refractivity contribution in [2.75, 3.05) is 21.6 Å². The highest BCUT2D eigenvalue weighted by Gasteiger charge is 2.11. The molecule has 3 aromatic rings. The van der Waals surface area contributed by atoms with E-state index in [2.05, 4.69) is 30.4 Å². The average Bonchev–Trinajstić information content (AvgIpc) is 2.96. The molecule has 136 valence electrons. The standard InChI is InChI=1S/C15H16ClN7O2S/c1-23-8-7-13(21-23)19-15-17-9-10(16)14(20-15)18-11-5-3-4-6-12(11)22-26(2,24)25/h3-9,22H,1-2H3,(H2,17,18,19,20,21). The van der Waals surface area contributed by atoms with Gasteiger partial charge in [-0.15, -0.1) is 0 Å². The molecule has 3 rings (SSSR count). The van der Waals surface area contributed by atoms with Gasteiger partial charge in [0.25, 0.3) is 0 Å². The first kappa shape index (κ1) is 18.0. The zero-order valence-corrected chi connectivity index (χ0v) is 15.5. The third-order valence-corrected chi connectivity index (χ3v) is 4.04. The number of para-hydroxylation sites is 2. The van der Waals surface area contributed by atoms with Gasteiger partial charge in [-0.3, -0.25) is 9.40 Å². The van der Waals surface area contributed by atoms with Gasteiger partial charge in [0.2, 0.25) is 16.0 Å². The molecule has 0 atom stereocenters. The van der Waals surface area contributed by atoms with Crippen molar-refractivity contribution < 1.29 is 8.42 Å². The van der Waals surface area contributed by atoms with Crippen molar-refractivity contribution in [3.63, 3.8) is 0 Å². The topological polar surface area (TPSA) is 114 Å². The predicted octanol–water partition coefficient (Wildman–Crippen LogP) is 2.72. The third kappa shape index (κ3) is 4.61. The Labute approximate surface area is 155 Å². The Hall–Kier alpha value is -2.85. The van der Waals surface area contributed by atoms with Crippen molar-refractivity contribution in [3.8, 4) is 0 Å². The molecule has 1 aromatic carbocycles. The summed E-state index contributed by atoms with van der Waals surface area (Å²) in [6, 6.07) is 8.59. The van der Waals surface area contributed by atoms with Crippen molar-refractivity contribution in [2.45, 2.75) is 0 Å². The van der Waals surface area contributed by atoms with Crippen molar-refractivity contribution in [2.24, 2.45) is 7.05 Å². The van der Waals surface area contributed by atoms with Crippen LogP contribution in [0.15, 0.2) is 42.7 Å². The molecular weight excluding hydrogens is 378 g/mol. The number of hydrogen-bond acceptors (Lipinski definition) is 7. The van der Waals surface area contributed by atoms with Crippen LogP contribution in [0.2, 0.25) is 5.02 Å². The largest absolute Gasteiger partial charge is 0.337 e. The molecule has 9 nitrogen and oxygen atoms in total. The minimum atomic E-state index is -3.43. The highest BCUT2D eigenvalue weighted by atomic mass is 35.5. The number of sulfonamides is 1. The van der Waals surface area contributed by atoms with E-state index < -0.39 is 10.0 Å². The lowest BCUT2D eigenvalue weighted by atomic mass is 10.2. The van der Waals surface area contributed by atoms with Crippen LogP contribution < -0.4 is 15.4 Å². The number of halogens is 1. The molecule has 0 bridgehead atoms. The first-order chi connectivity index (χ1) is 12.3. The van der Waals surface area contributed by atoms with E-state index in [9.17, 15) is 8.42 Å². The highest BCUT2D eigenvalue weighted by molar-refractivity contribution is 7.92. The predicted molar refractivity (Wildman–Crippen MR) is 102 cm³/mol. The molecule has 0 aliphatic rings. The summed E-state index contributed by atoms with van der Waals surface area (Å²) in [6.07, 6.45) is 4.30. The second-order valence-corrected chi connectivity index (χ2v) is 7.59. The van der Waals surface area contributed by atoms with Gasteiger partial charge in [-0.1, -0.05) is 23.7 Å². The zero-order chi connectivity index (χ0) is 18.7. The quantitative estimate of drug-likeness (QED) is 0.589. The lowest BCUT2D eigenvalue weighted by molar-refractivity contribution is 0.607. The second-order valence-electron chi connectivity index (χ2n) is 5.43. The van der Waals surface area contributed by atoms with Gasteiger partial charge in [0.05, 0.1) is 23.8 Å². The van der Waals surface area contributed by atoms with E-state index in [1.165, 1.54) is 6.20 Å². The number of anilines is 5. The number of benzene rings is 1. The first-order valence-electron chi connectivity index (χ1n) is 7.43. The minimum absolute atomic E-state index is 0.283. The first-order valence-corrected chi connectivity index (χ1v) is 9.70. The molecule has 26 heavy (non-hydrogen) atoms. The fraction of sp³-hybridized carbons (Fsp3) is 0.133. The fourth-order valence-corrected chi connectivity index (χ4v) is 2.84. The summed E-state index contributed by atoms with van der Waals surface area (Å²) in [6.45, 7) is 0. The van der Waals surface area contributed by atoms with E-state index >= 15 is 0 Å². The van der Waals surface area contributed by atoms with Gasteiger partial charge in [0.15, 0.2) is 11.6 Å². The molecule has 0 saturated heterocycles. The summed E-state index contributed by atoms with van der Waals surface area (Å²) in [4.78, 5) is 8.43. The van der Waals surface area contributed by atoms with Gasteiger partial charge in [0, 0.05) is 19.3 Å².